The van der Waals surface area contributed by atoms with Crippen molar-refractivity contribution in [1.29, 1.82) is 0 Å². The van der Waals surface area contributed by atoms with Gasteiger partial charge in [0.25, 0.3) is 5.78 Å². The highest BCUT2D eigenvalue weighted by Crippen LogP contribution is 2.20. The number of thioether (sulfide) groups is 1. The van der Waals surface area contributed by atoms with Gasteiger partial charge in [0, 0.05) is 17.1 Å². The molecule has 0 aliphatic heterocycles. The van der Waals surface area contributed by atoms with Crippen LogP contribution in [0.2, 0.25) is 0 Å². The van der Waals surface area contributed by atoms with Crippen LogP contribution in [0.15, 0.2) is 29.4 Å². The van der Waals surface area contributed by atoms with E-state index in [-0.39, 0.29) is 0 Å². The highest BCUT2D eigenvalue weighted by Gasteiger charge is 2.10. The molecule has 0 bridgehead atoms. The molecule has 6 heteroatoms. The van der Waals surface area contributed by atoms with Crippen LogP contribution in [0.5, 0.6) is 5.75 Å². The third-order valence-electron chi connectivity index (χ3n) is 3.44. The summed E-state index contributed by atoms with van der Waals surface area (Å²) in [5.41, 5.74) is 4.48. The van der Waals surface area contributed by atoms with Crippen LogP contribution in [0.3, 0.4) is 0 Å². The summed E-state index contributed by atoms with van der Waals surface area (Å²) in [7, 11) is 0. The second-order valence-corrected chi connectivity index (χ2v) is 6.74. The molecular formula is C17H20N4OS. The van der Waals surface area contributed by atoms with Crippen molar-refractivity contribution in [3.63, 3.8) is 0 Å². The first-order chi connectivity index (χ1) is 11.0. The lowest BCUT2D eigenvalue weighted by molar-refractivity contribution is 0.343. The van der Waals surface area contributed by atoms with E-state index in [2.05, 4.69) is 47.2 Å². The minimum atomic E-state index is 0.626. The Hall–Kier alpha value is -2.08. The Morgan fingerprint density at radius 2 is 1.74 bits per heavy atom. The maximum atomic E-state index is 5.83. The molecule has 0 unspecified atom stereocenters. The van der Waals surface area contributed by atoms with Gasteiger partial charge in [-0.05, 0) is 57.0 Å². The van der Waals surface area contributed by atoms with Crippen LogP contribution < -0.4 is 4.74 Å². The summed E-state index contributed by atoms with van der Waals surface area (Å²) in [5.74, 6) is 2.38. The first-order valence-corrected chi connectivity index (χ1v) is 8.55. The lowest BCUT2D eigenvalue weighted by Gasteiger charge is -2.08. The van der Waals surface area contributed by atoms with Crippen molar-refractivity contribution >= 4 is 17.5 Å². The summed E-state index contributed by atoms with van der Waals surface area (Å²) in [5, 5.41) is 9.22. The molecule has 0 amide bonds. The third kappa shape index (κ3) is 3.64. The van der Waals surface area contributed by atoms with E-state index in [0.29, 0.717) is 12.4 Å². The quantitative estimate of drug-likeness (QED) is 0.530. The van der Waals surface area contributed by atoms with Gasteiger partial charge in [-0.25, -0.2) is 4.98 Å². The zero-order valence-electron chi connectivity index (χ0n) is 13.8. The first-order valence-electron chi connectivity index (χ1n) is 7.56. The Kier molecular flexibility index (Phi) is 4.52. The summed E-state index contributed by atoms with van der Waals surface area (Å²) < 4.78 is 7.81. The molecule has 23 heavy (non-hydrogen) atoms. The predicted octanol–water partition coefficient (Wildman–Crippen LogP) is 3.53. The molecule has 0 atom stereocenters. The molecule has 0 aliphatic rings. The van der Waals surface area contributed by atoms with Crippen molar-refractivity contribution in [3.05, 3.63) is 46.8 Å². The van der Waals surface area contributed by atoms with Crippen molar-refractivity contribution in [1.82, 2.24) is 19.6 Å². The maximum Gasteiger partial charge on any atom is 0.256 e. The number of nitrogens with zero attached hydrogens (tertiary/aromatic N) is 4. The lowest BCUT2D eigenvalue weighted by Crippen LogP contribution is -2.02. The molecule has 0 radical (unpaired) electrons. The second kappa shape index (κ2) is 6.58. The summed E-state index contributed by atoms with van der Waals surface area (Å²) in [4.78, 5) is 4.40. The van der Waals surface area contributed by atoms with E-state index in [1.165, 1.54) is 11.1 Å². The lowest BCUT2D eigenvalue weighted by atomic mass is 10.1. The molecule has 2 heterocycles. The van der Waals surface area contributed by atoms with Crippen LogP contribution in [0.4, 0.5) is 0 Å². The monoisotopic (exact) mass is 328 g/mol. The number of hydrogen-bond donors (Lipinski definition) is 0. The van der Waals surface area contributed by atoms with E-state index in [1.54, 1.807) is 11.8 Å². The Labute approximate surface area is 140 Å². The molecule has 5 nitrogen and oxygen atoms in total. The normalized spacial score (nSPS) is 11.1. The van der Waals surface area contributed by atoms with E-state index >= 15 is 0 Å². The predicted molar refractivity (Wildman–Crippen MR) is 92.4 cm³/mol. The van der Waals surface area contributed by atoms with E-state index in [4.69, 9.17) is 4.74 Å². The number of hydrogen-bond acceptors (Lipinski definition) is 5. The molecule has 1 aromatic carbocycles. The molecule has 2 aromatic heterocycles. The topological polar surface area (TPSA) is 52.3 Å². The van der Waals surface area contributed by atoms with Crippen molar-refractivity contribution in [3.8, 4) is 5.75 Å². The third-order valence-corrected chi connectivity index (χ3v) is 4.33. The Morgan fingerprint density at radius 1 is 1.00 bits per heavy atom. The fourth-order valence-electron chi connectivity index (χ4n) is 2.60. The highest BCUT2D eigenvalue weighted by atomic mass is 32.2. The molecular weight excluding hydrogens is 308 g/mol. The fourth-order valence-corrected chi connectivity index (χ4v) is 3.40. The van der Waals surface area contributed by atoms with Gasteiger partial charge in [0.1, 0.15) is 5.75 Å². The van der Waals surface area contributed by atoms with Crippen LogP contribution in [-0.2, 0) is 0 Å². The van der Waals surface area contributed by atoms with Gasteiger partial charge < -0.3 is 4.74 Å². The summed E-state index contributed by atoms with van der Waals surface area (Å²) in [6.07, 6.45) is 0. The van der Waals surface area contributed by atoms with E-state index in [1.807, 2.05) is 24.3 Å². The summed E-state index contributed by atoms with van der Waals surface area (Å²) in [6.45, 7) is 8.79. The van der Waals surface area contributed by atoms with Gasteiger partial charge in [0.2, 0.25) is 0 Å². The average molecular weight is 328 g/mol. The van der Waals surface area contributed by atoms with Gasteiger partial charge in [-0.15, -0.1) is 10.2 Å². The molecule has 0 saturated carbocycles. The fraction of sp³-hybridized carbons (Fsp3) is 0.353. The Balaban J connectivity index is 1.63. The standard InChI is InChI=1S/C17H20N4OS/c1-11-7-12(2)9-15(8-11)22-5-6-23-17-20-19-16-18-13(3)10-14(4)21(16)17/h7-10H,5-6H2,1-4H3. The van der Waals surface area contributed by atoms with Crippen molar-refractivity contribution < 1.29 is 4.74 Å². The van der Waals surface area contributed by atoms with Crippen LogP contribution in [0.1, 0.15) is 22.5 Å². The van der Waals surface area contributed by atoms with Crippen LogP contribution in [-0.4, -0.2) is 31.9 Å². The number of ether oxygens (including phenoxy) is 1. The van der Waals surface area contributed by atoms with Gasteiger partial charge in [0.15, 0.2) is 5.16 Å². The van der Waals surface area contributed by atoms with Crippen molar-refractivity contribution in [2.24, 2.45) is 0 Å². The number of aryl methyl sites for hydroxylation is 4. The molecule has 3 aromatic rings. The number of rotatable bonds is 5. The van der Waals surface area contributed by atoms with E-state index < -0.39 is 0 Å². The molecule has 120 valence electrons. The van der Waals surface area contributed by atoms with Crippen molar-refractivity contribution in [2.45, 2.75) is 32.9 Å². The molecule has 0 spiro atoms. The second-order valence-electron chi connectivity index (χ2n) is 5.68. The van der Waals surface area contributed by atoms with Gasteiger partial charge in [0.05, 0.1) is 6.61 Å². The van der Waals surface area contributed by atoms with Gasteiger partial charge in [-0.2, -0.15) is 0 Å². The Morgan fingerprint density at radius 3 is 2.48 bits per heavy atom. The summed E-state index contributed by atoms with van der Waals surface area (Å²) in [6, 6.07) is 8.29. The van der Waals surface area contributed by atoms with Crippen LogP contribution in [0, 0.1) is 27.7 Å². The maximum absolute atomic E-state index is 5.83. The van der Waals surface area contributed by atoms with Gasteiger partial charge >= 0.3 is 0 Å². The zero-order valence-corrected chi connectivity index (χ0v) is 14.6. The van der Waals surface area contributed by atoms with E-state index in [0.717, 1.165) is 28.0 Å². The van der Waals surface area contributed by atoms with Crippen molar-refractivity contribution in [2.75, 3.05) is 12.4 Å². The minimum Gasteiger partial charge on any atom is -0.493 e. The van der Waals surface area contributed by atoms with E-state index in [9.17, 15) is 0 Å². The smallest absolute Gasteiger partial charge is 0.256 e. The average Bonchev–Trinajstić information content (AvgIpc) is 2.85. The molecule has 0 N–H and O–H groups in total. The number of aromatic nitrogens is 4. The van der Waals surface area contributed by atoms with Crippen LogP contribution >= 0.6 is 11.8 Å². The molecule has 0 fully saturated rings. The first kappa shape index (κ1) is 15.8. The molecule has 0 aliphatic carbocycles. The SMILES string of the molecule is Cc1cc(C)cc(OCCSc2nnc3nc(C)cc(C)n23)c1. The van der Waals surface area contributed by atoms with Gasteiger partial charge in [-0.3, -0.25) is 4.40 Å². The Bertz CT molecular complexity index is 824. The molecule has 0 saturated heterocycles. The largest absolute Gasteiger partial charge is 0.493 e. The zero-order chi connectivity index (χ0) is 16.4. The summed E-state index contributed by atoms with van der Waals surface area (Å²) >= 11 is 1.63. The van der Waals surface area contributed by atoms with Crippen LogP contribution in [0.25, 0.3) is 5.78 Å². The minimum absolute atomic E-state index is 0.626. The molecule has 3 rings (SSSR count). The number of benzene rings is 1. The van der Waals surface area contributed by atoms with Gasteiger partial charge in [-0.1, -0.05) is 17.8 Å². The highest BCUT2D eigenvalue weighted by molar-refractivity contribution is 7.99. The number of fused-ring (bicyclic) bond motifs is 1.